The number of hydrogen-bond donors (Lipinski definition) is 2. The maximum atomic E-state index is 13.7. The van der Waals surface area contributed by atoms with E-state index in [4.69, 9.17) is 18.9 Å². The number of ketones is 1. The van der Waals surface area contributed by atoms with Crippen molar-refractivity contribution >= 4 is 34.9 Å². The van der Waals surface area contributed by atoms with Gasteiger partial charge in [-0.1, -0.05) is 0 Å². The van der Waals surface area contributed by atoms with Gasteiger partial charge >= 0.3 is 0 Å². The number of hydrogen-bond acceptors (Lipinski definition) is 7. The topological polar surface area (TPSA) is 119 Å². The van der Waals surface area contributed by atoms with Gasteiger partial charge in [-0.25, -0.2) is 0 Å². The highest BCUT2D eigenvalue weighted by atomic mass is 16.6. The van der Waals surface area contributed by atoms with Crippen LogP contribution in [0.15, 0.2) is 18.2 Å². The Labute approximate surface area is 222 Å². The van der Waals surface area contributed by atoms with Gasteiger partial charge in [-0.3, -0.25) is 14.4 Å². The maximum Gasteiger partial charge on any atom is 0.256 e. The van der Waals surface area contributed by atoms with Gasteiger partial charge in [-0.15, -0.1) is 0 Å². The van der Waals surface area contributed by atoms with Crippen molar-refractivity contribution in [1.29, 1.82) is 0 Å². The van der Waals surface area contributed by atoms with E-state index in [-0.39, 0.29) is 17.6 Å². The third kappa shape index (κ3) is 6.57. The predicted octanol–water partition coefficient (Wildman–Crippen LogP) is 2.85. The largest absolute Gasteiger partial charge is 0.377 e. The van der Waals surface area contributed by atoms with Gasteiger partial charge in [0.2, 0.25) is 0 Å². The van der Waals surface area contributed by atoms with Gasteiger partial charge in [0.15, 0.2) is 5.78 Å². The van der Waals surface area contributed by atoms with Crippen molar-refractivity contribution in [3.05, 3.63) is 51.8 Å². The molecule has 0 unspecified atom stereocenters. The third-order valence-electron chi connectivity index (χ3n) is 6.60. The minimum Gasteiger partial charge on any atom is -0.377 e. The van der Waals surface area contributed by atoms with Crippen molar-refractivity contribution in [2.24, 2.45) is 0 Å². The molecule has 3 heterocycles. The number of ether oxygens (including phenoxy) is 4. The van der Waals surface area contributed by atoms with Crippen molar-refractivity contribution in [3.63, 3.8) is 0 Å². The Balaban J connectivity index is 1.56. The van der Waals surface area contributed by atoms with E-state index < -0.39 is 0 Å². The summed E-state index contributed by atoms with van der Waals surface area (Å²) in [6.07, 6.45) is 1.74. The number of nitrogens with zero attached hydrogens (tertiary/aromatic N) is 1. The van der Waals surface area contributed by atoms with Gasteiger partial charge in [0, 0.05) is 41.3 Å². The lowest BCUT2D eigenvalue weighted by molar-refractivity contribution is -0.110. The van der Waals surface area contributed by atoms with Gasteiger partial charge in [0.05, 0.1) is 64.0 Å². The number of amides is 2. The van der Waals surface area contributed by atoms with Crippen LogP contribution < -0.4 is 5.32 Å². The molecule has 2 N–H and O–H groups in total. The highest BCUT2D eigenvalue weighted by molar-refractivity contribution is 6.35. The zero-order valence-electron chi connectivity index (χ0n) is 22.2. The zero-order valence-corrected chi connectivity index (χ0v) is 22.2. The number of aromatic amines is 1. The van der Waals surface area contributed by atoms with Gasteiger partial charge in [0.25, 0.3) is 11.8 Å². The van der Waals surface area contributed by atoms with Crippen LogP contribution in [-0.2, 0) is 23.7 Å². The summed E-state index contributed by atoms with van der Waals surface area (Å²) in [5.74, 6) is -0.472. The molecule has 2 amide bonds. The Morgan fingerprint density at radius 3 is 2.05 bits per heavy atom. The monoisotopic (exact) mass is 525 g/mol. The van der Waals surface area contributed by atoms with Crippen molar-refractivity contribution < 1.29 is 33.3 Å². The van der Waals surface area contributed by atoms with Crippen LogP contribution in [-0.4, -0.2) is 93.4 Å². The van der Waals surface area contributed by atoms with Gasteiger partial charge in [0.1, 0.15) is 0 Å². The molecular weight excluding hydrogens is 490 g/mol. The number of Topliss-reactive ketones (excluding diaryl/α,β-unsaturated/α-hetero) is 1. The summed E-state index contributed by atoms with van der Waals surface area (Å²) in [5, 5.41) is 2.84. The van der Waals surface area contributed by atoms with Crippen molar-refractivity contribution in [3.8, 4) is 0 Å². The lowest BCUT2D eigenvalue weighted by atomic mass is 10.0. The van der Waals surface area contributed by atoms with Crippen LogP contribution >= 0.6 is 0 Å². The van der Waals surface area contributed by atoms with Gasteiger partial charge in [-0.2, -0.15) is 0 Å². The number of fused-ring (bicyclic) bond motifs is 1. The molecule has 4 rings (SSSR count). The molecule has 2 aliphatic rings. The van der Waals surface area contributed by atoms with Crippen LogP contribution in [0.1, 0.15) is 50.2 Å². The molecule has 1 saturated heterocycles. The molecule has 1 fully saturated rings. The van der Waals surface area contributed by atoms with E-state index in [1.165, 1.54) is 6.92 Å². The Morgan fingerprint density at radius 1 is 0.895 bits per heavy atom. The molecule has 0 radical (unpaired) electrons. The number of carbonyl (C=O) groups excluding carboxylic acids is 3. The molecular formula is C28H35N3O7. The molecule has 0 spiro atoms. The Hall–Kier alpha value is -3.31. The first-order chi connectivity index (χ1) is 18.4. The summed E-state index contributed by atoms with van der Waals surface area (Å²) in [7, 11) is 0. The smallest absolute Gasteiger partial charge is 0.256 e. The van der Waals surface area contributed by atoms with Crippen LogP contribution in [0.2, 0.25) is 0 Å². The maximum absolute atomic E-state index is 13.7. The number of aryl methyl sites for hydroxylation is 1. The molecule has 2 aromatic rings. The van der Waals surface area contributed by atoms with E-state index in [0.717, 1.165) is 5.56 Å². The number of H-pyrrole nitrogens is 1. The van der Waals surface area contributed by atoms with E-state index in [9.17, 15) is 14.4 Å². The molecule has 2 aliphatic heterocycles. The molecule has 0 bridgehead atoms. The minimum absolute atomic E-state index is 0.0768. The fraction of sp³-hybridized carbons (Fsp3) is 0.464. The van der Waals surface area contributed by atoms with Crippen molar-refractivity contribution in [1.82, 2.24) is 9.88 Å². The summed E-state index contributed by atoms with van der Waals surface area (Å²) >= 11 is 0. The second-order valence-electron chi connectivity index (χ2n) is 9.23. The van der Waals surface area contributed by atoms with Crippen LogP contribution in [0.4, 0.5) is 5.69 Å². The summed E-state index contributed by atoms with van der Waals surface area (Å²) in [6.45, 7) is 9.57. The molecule has 0 aliphatic carbocycles. The summed E-state index contributed by atoms with van der Waals surface area (Å²) < 4.78 is 22.3. The molecule has 10 nitrogen and oxygen atoms in total. The van der Waals surface area contributed by atoms with Crippen molar-refractivity contribution in [2.45, 2.75) is 20.8 Å². The summed E-state index contributed by atoms with van der Waals surface area (Å²) in [5.41, 5.74) is 4.94. The Bertz CT molecular complexity index is 1200. The SMILES string of the molecule is CC(=O)c1ccc2c(c1)C(=Cc1[nH]c(C)c(C(=O)N3CCOCCOCCOCCOCC3)c1C)C(=O)N2. The molecule has 10 heteroatoms. The lowest BCUT2D eigenvalue weighted by Gasteiger charge is -2.23. The van der Waals surface area contributed by atoms with E-state index in [0.29, 0.717) is 105 Å². The normalized spacial score (nSPS) is 19.0. The average molecular weight is 526 g/mol. The molecule has 0 saturated carbocycles. The molecule has 38 heavy (non-hydrogen) atoms. The minimum atomic E-state index is -0.256. The number of rotatable bonds is 3. The van der Waals surface area contributed by atoms with Crippen LogP contribution in [0.5, 0.6) is 0 Å². The number of benzene rings is 1. The zero-order chi connectivity index (χ0) is 27.1. The van der Waals surface area contributed by atoms with E-state index in [1.807, 2.05) is 13.8 Å². The van der Waals surface area contributed by atoms with E-state index in [2.05, 4.69) is 10.3 Å². The first kappa shape index (κ1) is 27.7. The first-order valence-corrected chi connectivity index (χ1v) is 12.8. The molecule has 0 atom stereocenters. The molecule has 1 aromatic carbocycles. The quantitative estimate of drug-likeness (QED) is 0.467. The predicted molar refractivity (Wildman–Crippen MR) is 142 cm³/mol. The standard InChI is InChI=1S/C28H35N3O7/c1-18-25(17-23-22-16-21(20(3)32)4-5-24(22)30-27(23)33)29-19(2)26(18)28(34)31-6-8-35-10-12-37-14-15-38-13-11-36-9-7-31/h4-5,16-17,29H,6-15H2,1-3H3,(H,30,33). The number of aromatic nitrogens is 1. The molecule has 204 valence electrons. The fourth-order valence-corrected chi connectivity index (χ4v) is 4.52. The first-order valence-electron chi connectivity index (χ1n) is 12.8. The van der Waals surface area contributed by atoms with Crippen LogP contribution in [0.3, 0.4) is 0 Å². The average Bonchev–Trinajstić information content (AvgIpc) is 3.35. The number of anilines is 1. The number of nitrogens with one attached hydrogen (secondary N) is 2. The highest BCUT2D eigenvalue weighted by Crippen LogP contribution is 2.35. The van der Waals surface area contributed by atoms with E-state index >= 15 is 0 Å². The van der Waals surface area contributed by atoms with E-state index in [1.54, 1.807) is 29.2 Å². The lowest BCUT2D eigenvalue weighted by Crippen LogP contribution is -2.37. The fourth-order valence-electron chi connectivity index (χ4n) is 4.52. The second kappa shape index (κ2) is 13.0. The Kier molecular flexibility index (Phi) is 9.46. The van der Waals surface area contributed by atoms with Gasteiger partial charge < -0.3 is 34.1 Å². The number of carbonyl (C=O) groups is 3. The second-order valence-corrected chi connectivity index (χ2v) is 9.23. The van der Waals surface area contributed by atoms with Gasteiger partial charge in [-0.05, 0) is 50.6 Å². The van der Waals surface area contributed by atoms with Crippen molar-refractivity contribution in [2.75, 3.05) is 71.3 Å². The van der Waals surface area contributed by atoms with Crippen LogP contribution in [0.25, 0.3) is 11.6 Å². The Morgan fingerprint density at radius 2 is 1.47 bits per heavy atom. The summed E-state index contributed by atoms with van der Waals surface area (Å²) in [4.78, 5) is 43.3. The van der Waals surface area contributed by atoms with Crippen LogP contribution in [0, 0.1) is 13.8 Å². The highest BCUT2D eigenvalue weighted by Gasteiger charge is 2.27. The molecule has 1 aromatic heterocycles. The summed E-state index contributed by atoms with van der Waals surface area (Å²) in [6, 6.07) is 5.15. The third-order valence-corrected chi connectivity index (χ3v) is 6.60.